The van der Waals surface area contributed by atoms with Crippen LogP contribution < -0.4 is 10.6 Å². The molecule has 0 spiro atoms. The first-order chi connectivity index (χ1) is 12.7. The van der Waals surface area contributed by atoms with Crippen molar-refractivity contribution in [1.29, 1.82) is 0 Å². The molecule has 0 saturated heterocycles. The molecule has 0 aliphatic carbocycles. The molecule has 1 aromatic heterocycles. The minimum atomic E-state index is 0.106. The van der Waals surface area contributed by atoms with Gasteiger partial charge in [0.05, 0.1) is 6.54 Å². The van der Waals surface area contributed by atoms with E-state index in [0.29, 0.717) is 6.54 Å². The molecule has 0 fully saturated rings. The van der Waals surface area contributed by atoms with Gasteiger partial charge < -0.3 is 15.2 Å². The van der Waals surface area contributed by atoms with Gasteiger partial charge in [0.1, 0.15) is 5.82 Å². The second kappa shape index (κ2) is 8.34. The Morgan fingerprint density at radius 1 is 1.15 bits per heavy atom. The Bertz CT molecular complexity index is 730. The molecule has 140 valence electrons. The van der Waals surface area contributed by atoms with E-state index in [1.165, 1.54) is 5.56 Å². The Hall–Kier alpha value is -2.37. The van der Waals surface area contributed by atoms with Gasteiger partial charge in [-0.2, -0.15) is 0 Å². The van der Waals surface area contributed by atoms with Gasteiger partial charge in [0.25, 0.3) is 0 Å². The third kappa shape index (κ3) is 3.74. The van der Waals surface area contributed by atoms with Crippen molar-refractivity contribution in [2.45, 2.75) is 58.0 Å². The third-order valence-electron chi connectivity index (χ3n) is 5.66. The highest BCUT2D eigenvalue weighted by Crippen LogP contribution is 2.30. The van der Waals surface area contributed by atoms with Crippen molar-refractivity contribution in [3.05, 3.63) is 47.5 Å². The molecule has 0 amide bonds. The third-order valence-corrected chi connectivity index (χ3v) is 5.66. The Morgan fingerprint density at radius 2 is 1.92 bits per heavy atom. The standard InChI is InChI=1S/C20H30N6/c1-4-20(5-2,16-10-7-6-8-11-16)15-23-19(21-3)22-14-18-25-24-17-12-9-13-26(17)18/h6-8,10-11H,4-5,9,12-15H2,1-3H3,(H2,21,22,23). The summed E-state index contributed by atoms with van der Waals surface area (Å²) in [7, 11) is 1.81. The molecule has 26 heavy (non-hydrogen) atoms. The summed E-state index contributed by atoms with van der Waals surface area (Å²) in [6.45, 7) is 7.03. The quantitative estimate of drug-likeness (QED) is 0.592. The molecular weight excluding hydrogens is 324 g/mol. The van der Waals surface area contributed by atoms with Crippen LogP contribution in [0.4, 0.5) is 0 Å². The number of benzene rings is 1. The molecule has 0 radical (unpaired) electrons. The lowest BCUT2D eigenvalue weighted by atomic mass is 9.76. The maximum Gasteiger partial charge on any atom is 0.191 e. The first-order valence-electron chi connectivity index (χ1n) is 9.63. The van der Waals surface area contributed by atoms with E-state index in [-0.39, 0.29) is 5.41 Å². The SMILES string of the molecule is CCC(CC)(CNC(=NC)NCc1nnc2n1CCC2)c1ccccc1. The van der Waals surface area contributed by atoms with E-state index in [9.17, 15) is 0 Å². The van der Waals surface area contributed by atoms with Gasteiger partial charge in [0.15, 0.2) is 11.8 Å². The molecular formula is C20H30N6. The Labute approximate surface area is 156 Å². The highest BCUT2D eigenvalue weighted by molar-refractivity contribution is 5.79. The van der Waals surface area contributed by atoms with Crippen LogP contribution in [0.2, 0.25) is 0 Å². The smallest absolute Gasteiger partial charge is 0.191 e. The average molecular weight is 355 g/mol. The van der Waals surface area contributed by atoms with E-state index in [0.717, 1.165) is 56.4 Å². The van der Waals surface area contributed by atoms with Gasteiger partial charge in [0, 0.05) is 32.0 Å². The fourth-order valence-electron chi connectivity index (χ4n) is 3.78. The van der Waals surface area contributed by atoms with Crippen molar-refractivity contribution in [3.8, 4) is 0 Å². The van der Waals surface area contributed by atoms with E-state index in [1.54, 1.807) is 0 Å². The number of hydrogen-bond acceptors (Lipinski definition) is 3. The summed E-state index contributed by atoms with van der Waals surface area (Å²) >= 11 is 0. The van der Waals surface area contributed by atoms with Gasteiger partial charge in [-0.25, -0.2) is 0 Å². The number of hydrogen-bond donors (Lipinski definition) is 2. The van der Waals surface area contributed by atoms with Crippen LogP contribution in [-0.2, 0) is 24.9 Å². The normalized spacial score (nSPS) is 14.3. The lowest BCUT2D eigenvalue weighted by Gasteiger charge is -2.33. The summed E-state index contributed by atoms with van der Waals surface area (Å²) in [6.07, 6.45) is 4.36. The van der Waals surface area contributed by atoms with E-state index in [4.69, 9.17) is 0 Å². The highest BCUT2D eigenvalue weighted by atomic mass is 15.3. The predicted octanol–water partition coefficient (Wildman–Crippen LogP) is 2.65. The average Bonchev–Trinajstić information content (AvgIpc) is 3.30. The molecule has 2 N–H and O–H groups in total. The molecule has 1 aromatic carbocycles. The Kier molecular flexibility index (Phi) is 5.91. The maximum atomic E-state index is 4.38. The number of rotatable bonds is 7. The Morgan fingerprint density at radius 3 is 2.62 bits per heavy atom. The molecule has 2 aromatic rings. The first-order valence-corrected chi connectivity index (χ1v) is 9.63. The summed E-state index contributed by atoms with van der Waals surface area (Å²) in [5.74, 6) is 2.90. The molecule has 6 nitrogen and oxygen atoms in total. The van der Waals surface area contributed by atoms with Crippen LogP contribution in [0.15, 0.2) is 35.3 Å². The van der Waals surface area contributed by atoms with E-state index < -0.39 is 0 Å². The van der Waals surface area contributed by atoms with Gasteiger partial charge >= 0.3 is 0 Å². The molecule has 0 saturated carbocycles. The largest absolute Gasteiger partial charge is 0.356 e. The molecule has 0 bridgehead atoms. The number of guanidine groups is 1. The lowest BCUT2D eigenvalue weighted by Crippen LogP contribution is -2.45. The van der Waals surface area contributed by atoms with E-state index in [2.05, 4.69) is 74.6 Å². The number of aryl methyl sites for hydroxylation is 1. The van der Waals surface area contributed by atoms with Crippen molar-refractivity contribution >= 4 is 5.96 Å². The molecule has 2 heterocycles. The highest BCUT2D eigenvalue weighted by Gasteiger charge is 2.28. The summed E-state index contributed by atoms with van der Waals surface area (Å²) in [4.78, 5) is 4.38. The zero-order valence-electron chi connectivity index (χ0n) is 16.1. The summed E-state index contributed by atoms with van der Waals surface area (Å²) in [5, 5.41) is 15.5. The van der Waals surface area contributed by atoms with Crippen molar-refractivity contribution in [2.75, 3.05) is 13.6 Å². The van der Waals surface area contributed by atoms with Gasteiger partial charge in [-0.05, 0) is 24.8 Å². The fourth-order valence-corrected chi connectivity index (χ4v) is 3.78. The maximum absolute atomic E-state index is 4.38. The number of fused-ring (bicyclic) bond motifs is 1. The fraction of sp³-hybridized carbons (Fsp3) is 0.550. The van der Waals surface area contributed by atoms with Crippen LogP contribution in [0.25, 0.3) is 0 Å². The van der Waals surface area contributed by atoms with Crippen molar-refractivity contribution < 1.29 is 0 Å². The minimum absolute atomic E-state index is 0.106. The van der Waals surface area contributed by atoms with Crippen molar-refractivity contribution in [2.24, 2.45) is 4.99 Å². The zero-order valence-corrected chi connectivity index (χ0v) is 16.1. The Balaban J connectivity index is 1.62. The van der Waals surface area contributed by atoms with Crippen LogP contribution >= 0.6 is 0 Å². The van der Waals surface area contributed by atoms with Crippen LogP contribution in [0.1, 0.15) is 50.3 Å². The molecule has 1 aliphatic rings. The lowest BCUT2D eigenvalue weighted by molar-refractivity contribution is 0.389. The van der Waals surface area contributed by atoms with Crippen LogP contribution in [0.5, 0.6) is 0 Å². The number of nitrogens with zero attached hydrogens (tertiary/aromatic N) is 4. The van der Waals surface area contributed by atoms with E-state index in [1.807, 2.05) is 7.05 Å². The topological polar surface area (TPSA) is 67.1 Å². The monoisotopic (exact) mass is 354 g/mol. The second-order valence-corrected chi connectivity index (χ2v) is 6.92. The number of aliphatic imine (C=N–C) groups is 1. The molecule has 0 atom stereocenters. The predicted molar refractivity (Wildman–Crippen MR) is 105 cm³/mol. The van der Waals surface area contributed by atoms with E-state index >= 15 is 0 Å². The van der Waals surface area contributed by atoms with Crippen molar-refractivity contribution in [1.82, 2.24) is 25.4 Å². The molecule has 6 heteroatoms. The van der Waals surface area contributed by atoms with Crippen molar-refractivity contribution in [3.63, 3.8) is 0 Å². The van der Waals surface area contributed by atoms with Gasteiger partial charge in [-0.3, -0.25) is 4.99 Å². The van der Waals surface area contributed by atoms with Crippen LogP contribution in [0.3, 0.4) is 0 Å². The summed E-state index contributed by atoms with van der Waals surface area (Å²) < 4.78 is 2.21. The molecule has 1 aliphatic heterocycles. The first kappa shape index (κ1) is 18.4. The second-order valence-electron chi connectivity index (χ2n) is 6.92. The minimum Gasteiger partial charge on any atom is -0.356 e. The van der Waals surface area contributed by atoms with Gasteiger partial charge in [-0.15, -0.1) is 10.2 Å². The molecule has 0 unspecified atom stereocenters. The zero-order chi connectivity index (χ0) is 18.4. The number of nitrogens with one attached hydrogen (secondary N) is 2. The van der Waals surface area contributed by atoms with Gasteiger partial charge in [0.2, 0.25) is 0 Å². The number of aromatic nitrogens is 3. The van der Waals surface area contributed by atoms with Crippen LogP contribution in [-0.4, -0.2) is 34.3 Å². The van der Waals surface area contributed by atoms with Crippen LogP contribution in [0, 0.1) is 0 Å². The molecule has 3 rings (SSSR count). The summed E-state index contributed by atoms with van der Waals surface area (Å²) in [6, 6.07) is 10.8. The summed E-state index contributed by atoms with van der Waals surface area (Å²) in [5.41, 5.74) is 1.48. The van der Waals surface area contributed by atoms with Gasteiger partial charge in [-0.1, -0.05) is 44.2 Å².